The van der Waals surface area contributed by atoms with Gasteiger partial charge in [-0.25, -0.2) is 4.79 Å². The SMILES string of the molecule is COC(=O)c1cccc(NC(=O)C2CC3CCC2N3)c1. The molecule has 2 heterocycles. The van der Waals surface area contributed by atoms with E-state index < -0.39 is 5.97 Å². The predicted molar refractivity (Wildman–Crippen MR) is 74.5 cm³/mol. The van der Waals surface area contributed by atoms with Crippen LogP contribution in [0.3, 0.4) is 0 Å². The van der Waals surface area contributed by atoms with Gasteiger partial charge in [0.05, 0.1) is 18.6 Å². The number of fused-ring (bicyclic) bond motifs is 2. The van der Waals surface area contributed by atoms with Crippen molar-refractivity contribution in [1.82, 2.24) is 5.32 Å². The van der Waals surface area contributed by atoms with E-state index in [4.69, 9.17) is 0 Å². The van der Waals surface area contributed by atoms with Gasteiger partial charge in [0, 0.05) is 17.8 Å². The highest BCUT2D eigenvalue weighted by atomic mass is 16.5. The zero-order valence-corrected chi connectivity index (χ0v) is 11.4. The molecule has 106 valence electrons. The van der Waals surface area contributed by atoms with Crippen molar-refractivity contribution in [2.24, 2.45) is 5.92 Å². The summed E-state index contributed by atoms with van der Waals surface area (Å²) < 4.78 is 4.67. The molecule has 1 aromatic carbocycles. The maximum Gasteiger partial charge on any atom is 0.337 e. The second-order valence-corrected chi connectivity index (χ2v) is 5.45. The maximum absolute atomic E-state index is 12.3. The van der Waals surface area contributed by atoms with Crippen LogP contribution < -0.4 is 10.6 Å². The van der Waals surface area contributed by atoms with Crippen LogP contribution in [0.4, 0.5) is 5.69 Å². The molecule has 5 nitrogen and oxygen atoms in total. The first-order chi connectivity index (χ1) is 9.67. The second kappa shape index (κ2) is 5.25. The Morgan fingerprint density at radius 2 is 2.20 bits per heavy atom. The predicted octanol–water partition coefficient (Wildman–Crippen LogP) is 1.55. The summed E-state index contributed by atoms with van der Waals surface area (Å²) in [4.78, 5) is 23.8. The molecule has 3 atom stereocenters. The first kappa shape index (κ1) is 13.1. The number of hydrogen-bond donors (Lipinski definition) is 2. The summed E-state index contributed by atoms with van der Waals surface area (Å²) in [5.41, 5.74) is 1.08. The molecule has 0 aliphatic carbocycles. The highest BCUT2D eigenvalue weighted by molar-refractivity contribution is 5.96. The Morgan fingerprint density at radius 1 is 1.35 bits per heavy atom. The molecule has 0 radical (unpaired) electrons. The van der Waals surface area contributed by atoms with Crippen molar-refractivity contribution in [2.45, 2.75) is 31.3 Å². The number of ether oxygens (including phenoxy) is 1. The normalized spacial score (nSPS) is 27.4. The van der Waals surface area contributed by atoms with E-state index in [0.717, 1.165) is 12.8 Å². The standard InChI is InChI=1S/C15H18N2O3/c1-20-15(19)9-3-2-4-10(7-9)17-14(18)12-8-11-5-6-13(12)16-11/h2-4,7,11-13,16H,5-6,8H2,1H3,(H,17,18). The van der Waals surface area contributed by atoms with Gasteiger partial charge < -0.3 is 15.4 Å². The van der Waals surface area contributed by atoms with Crippen molar-refractivity contribution in [2.75, 3.05) is 12.4 Å². The molecule has 2 bridgehead atoms. The highest BCUT2D eigenvalue weighted by Gasteiger charge is 2.42. The number of carbonyl (C=O) groups is 2. The van der Waals surface area contributed by atoms with Crippen LogP contribution in [-0.4, -0.2) is 31.1 Å². The average Bonchev–Trinajstić information content (AvgIpc) is 3.09. The number of hydrogen-bond acceptors (Lipinski definition) is 4. The van der Waals surface area contributed by atoms with Crippen molar-refractivity contribution in [3.63, 3.8) is 0 Å². The smallest absolute Gasteiger partial charge is 0.337 e. The molecule has 0 aromatic heterocycles. The minimum absolute atomic E-state index is 0.0340. The molecule has 1 amide bonds. The number of methoxy groups -OCH3 is 1. The topological polar surface area (TPSA) is 67.4 Å². The van der Waals surface area contributed by atoms with Crippen molar-refractivity contribution < 1.29 is 14.3 Å². The van der Waals surface area contributed by atoms with Crippen LogP contribution in [-0.2, 0) is 9.53 Å². The summed E-state index contributed by atoms with van der Waals surface area (Å²) >= 11 is 0. The van der Waals surface area contributed by atoms with E-state index in [-0.39, 0.29) is 11.8 Å². The molecule has 2 fully saturated rings. The zero-order chi connectivity index (χ0) is 14.1. The van der Waals surface area contributed by atoms with Crippen LogP contribution in [0.1, 0.15) is 29.6 Å². The summed E-state index contributed by atoms with van der Waals surface area (Å²) in [7, 11) is 1.34. The number of rotatable bonds is 3. The third-order valence-corrected chi connectivity index (χ3v) is 4.19. The molecular formula is C15H18N2O3. The summed E-state index contributed by atoms with van der Waals surface area (Å²) in [5.74, 6) is -0.329. The quantitative estimate of drug-likeness (QED) is 0.821. The van der Waals surface area contributed by atoms with E-state index in [1.165, 1.54) is 13.5 Å². The first-order valence-electron chi connectivity index (χ1n) is 6.92. The third-order valence-electron chi connectivity index (χ3n) is 4.19. The third kappa shape index (κ3) is 2.41. The van der Waals surface area contributed by atoms with Gasteiger partial charge >= 0.3 is 5.97 Å². The molecule has 3 rings (SSSR count). The lowest BCUT2D eigenvalue weighted by Crippen LogP contribution is -2.32. The molecule has 0 spiro atoms. The zero-order valence-electron chi connectivity index (χ0n) is 11.4. The van der Waals surface area contributed by atoms with Crippen LogP contribution >= 0.6 is 0 Å². The monoisotopic (exact) mass is 274 g/mol. The minimum Gasteiger partial charge on any atom is -0.465 e. The van der Waals surface area contributed by atoms with Gasteiger partial charge in [0.1, 0.15) is 0 Å². The average molecular weight is 274 g/mol. The summed E-state index contributed by atoms with van der Waals surface area (Å²) in [5, 5.41) is 6.35. The largest absolute Gasteiger partial charge is 0.465 e. The fourth-order valence-electron chi connectivity index (χ4n) is 3.19. The van der Waals surface area contributed by atoms with Crippen molar-refractivity contribution in [3.8, 4) is 0 Å². The molecule has 1 aromatic rings. The molecule has 0 saturated carbocycles. The Balaban J connectivity index is 1.68. The van der Waals surface area contributed by atoms with Gasteiger partial charge in [0.15, 0.2) is 0 Å². The fourth-order valence-corrected chi connectivity index (χ4v) is 3.19. The van der Waals surface area contributed by atoms with E-state index in [2.05, 4.69) is 15.4 Å². The molecule has 2 aliphatic heterocycles. The number of anilines is 1. The van der Waals surface area contributed by atoms with E-state index in [1.54, 1.807) is 24.3 Å². The van der Waals surface area contributed by atoms with Crippen LogP contribution in [0.15, 0.2) is 24.3 Å². The molecule has 3 unspecified atom stereocenters. The van der Waals surface area contributed by atoms with Crippen LogP contribution in [0.2, 0.25) is 0 Å². The van der Waals surface area contributed by atoms with E-state index >= 15 is 0 Å². The number of nitrogens with one attached hydrogen (secondary N) is 2. The van der Waals surface area contributed by atoms with Gasteiger partial charge in [-0.05, 0) is 37.5 Å². The summed E-state index contributed by atoms with van der Waals surface area (Å²) in [6.07, 6.45) is 3.16. The molecule has 5 heteroatoms. The number of amides is 1. The highest BCUT2D eigenvalue weighted by Crippen LogP contribution is 2.33. The maximum atomic E-state index is 12.3. The fraction of sp³-hybridized carbons (Fsp3) is 0.467. The van der Waals surface area contributed by atoms with Crippen LogP contribution in [0.5, 0.6) is 0 Å². The minimum atomic E-state index is -0.400. The molecule has 2 saturated heterocycles. The van der Waals surface area contributed by atoms with Gasteiger partial charge in [-0.1, -0.05) is 6.07 Å². The first-order valence-corrected chi connectivity index (χ1v) is 6.92. The lowest BCUT2D eigenvalue weighted by molar-refractivity contribution is -0.120. The van der Waals surface area contributed by atoms with Crippen molar-refractivity contribution >= 4 is 17.6 Å². The van der Waals surface area contributed by atoms with Gasteiger partial charge in [-0.2, -0.15) is 0 Å². The Morgan fingerprint density at radius 3 is 2.85 bits per heavy atom. The van der Waals surface area contributed by atoms with E-state index in [0.29, 0.717) is 23.3 Å². The Kier molecular flexibility index (Phi) is 3.44. The lowest BCUT2D eigenvalue weighted by atomic mass is 9.88. The Labute approximate surface area is 117 Å². The van der Waals surface area contributed by atoms with Gasteiger partial charge in [0.25, 0.3) is 0 Å². The van der Waals surface area contributed by atoms with Crippen molar-refractivity contribution in [3.05, 3.63) is 29.8 Å². The van der Waals surface area contributed by atoms with Gasteiger partial charge in [0.2, 0.25) is 5.91 Å². The number of carbonyl (C=O) groups excluding carboxylic acids is 2. The lowest BCUT2D eigenvalue weighted by Gasteiger charge is -2.19. The molecular weight excluding hydrogens is 256 g/mol. The van der Waals surface area contributed by atoms with E-state index in [9.17, 15) is 9.59 Å². The van der Waals surface area contributed by atoms with Gasteiger partial charge in [-0.3, -0.25) is 4.79 Å². The number of benzene rings is 1. The van der Waals surface area contributed by atoms with Gasteiger partial charge in [-0.15, -0.1) is 0 Å². The van der Waals surface area contributed by atoms with Crippen molar-refractivity contribution in [1.29, 1.82) is 0 Å². The van der Waals surface area contributed by atoms with Crippen LogP contribution in [0, 0.1) is 5.92 Å². The summed E-state index contributed by atoms with van der Waals surface area (Å²) in [6, 6.07) is 7.64. The molecule has 2 aliphatic rings. The molecule has 2 N–H and O–H groups in total. The second-order valence-electron chi connectivity index (χ2n) is 5.45. The Hall–Kier alpha value is -1.88. The van der Waals surface area contributed by atoms with E-state index in [1.807, 2.05) is 0 Å². The summed E-state index contributed by atoms with van der Waals surface area (Å²) in [6.45, 7) is 0. The molecule has 20 heavy (non-hydrogen) atoms. The van der Waals surface area contributed by atoms with Crippen LogP contribution in [0.25, 0.3) is 0 Å². The number of esters is 1. The Bertz CT molecular complexity index is 544.